The highest BCUT2D eigenvalue weighted by Gasteiger charge is 2.06. The third-order valence-electron chi connectivity index (χ3n) is 2.98. The average Bonchev–Trinajstić information content (AvgIpc) is 2.86. The Labute approximate surface area is 119 Å². The molecule has 0 aliphatic heterocycles. The van der Waals surface area contributed by atoms with Gasteiger partial charge < -0.3 is 4.52 Å². The minimum absolute atomic E-state index is 0.578. The third-order valence-corrected chi connectivity index (χ3v) is 2.98. The Balaban J connectivity index is 2.11. The summed E-state index contributed by atoms with van der Waals surface area (Å²) >= 11 is 0. The molecule has 2 rings (SSSR count). The summed E-state index contributed by atoms with van der Waals surface area (Å²) in [5.74, 6) is 1.21. The smallest absolute Gasteiger partial charge is 0.223 e. The largest absolute Gasteiger partial charge is 0.339 e. The highest BCUT2D eigenvalue weighted by Crippen LogP contribution is 2.13. The van der Waals surface area contributed by atoms with Gasteiger partial charge in [0.05, 0.1) is 0 Å². The average molecular weight is 267 g/mol. The molecule has 2 aromatic rings. The van der Waals surface area contributed by atoms with Gasteiger partial charge in [-0.1, -0.05) is 41.0 Å². The number of benzene rings is 1. The molecular formula is C15H18BN3O. The molecule has 1 aromatic heterocycles. The van der Waals surface area contributed by atoms with Crippen LogP contribution in [0.5, 0.6) is 0 Å². The molecule has 0 N–H and O–H groups in total. The van der Waals surface area contributed by atoms with Crippen molar-refractivity contribution >= 4 is 18.4 Å². The van der Waals surface area contributed by atoms with Gasteiger partial charge in [-0.15, -0.1) is 0 Å². The molecule has 0 saturated heterocycles. The van der Waals surface area contributed by atoms with Gasteiger partial charge in [-0.2, -0.15) is 4.98 Å². The van der Waals surface area contributed by atoms with Crippen molar-refractivity contribution < 1.29 is 4.52 Å². The van der Waals surface area contributed by atoms with Gasteiger partial charge in [0.1, 0.15) is 0 Å². The second kappa shape index (κ2) is 6.32. The summed E-state index contributed by atoms with van der Waals surface area (Å²) in [5, 5.41) is 3.91. The maximum Gasteiger partial charge on any atom is 0.223 e. The highest BCUT2D eigenvalue weighted by molar-refractivity contribution is 6.85. The first-order valence-corrected chi connectivity index (χ1v) is 6.65. The van der Waals surface area contributed by atoms with Gasteiger partial charge in [0.15, 0.2) is 0 Å². The fraction of sp³-hybridized carbons (Fsp3) is 0.267. The molecule has 1 aromatic carbocycles. The van der Waals surface area contributed by atoms with Crippen LogP contribution in [0.25, 0.3) is 11.4 Å². The number of allylic oxidation sites excluding steroid dienone is 2. The zero-order valence-electron chi connectivity index (χ0n) is 12.3. The molecule has 0 bridgehead atoms. The van der Waals surface area contributed by atoms with Crippen LogP contribution in [-0.2, 0) is 0 Å². The van der Waals surface area contributed by atoms with Crippen LogP contribution in [0.15, 0.2) is 45.6 Å². The van der Waals surface area contributed by atoms with Crippen LogP contribution < -0.4 is 5.46 Å². The maximum atomic E-state index is 4.98. The highest BCUT2D eigenvalue weighted by atomic mass is 16.5. The summed E-state index contributed by atoms with van der Waals surface area (Å²) in [6, 6.07) is 8.17. The fourth-order valence-corrected chi connectivity index (χ4v) is 1.89. The number of aryl methyl sites for hydroxylation is 1. The van der Waals surface area contributed by atoms with Crippen molar-refractivity contribution in [2.75, 3.05) is 0 Å². The molecular weight excluding hydrogens is 249 g/mol. The standard InChI is InChI=1S/C15H18BN3O/c1-5-10(2)17-11(3)16-14-8-6-13(7-9-14)15-18-12(4)20-19-15/h5-9,16H,1-4H3/b10-5-,17-11+. The number of aromatic nitrogens is 2. The van der Waals surface area contributed by atoms with Crippen LogP contribution in [0.1, 0.15) is 26.7 Å². The van der Waals surface area contributed by atoms with Crippen molar-refractivity contribution in [3.05, 3.63) is 41.9 Å². The Morgan fingerprint density at radius 1 is 1.25 bits per heavy atom. The van der Waals surface area contributed by atoms with Crippen LogP contribution >= 0.6 is 0 Å². The van der Waals surface area contributed by atoms with Crippen molar-refractivity contribution in [3.63, 3.8) is 0 Å². The van der Waals surface area contributed by atoms with Crippen molar-refractivity contribution in [3.8, 4) is 11.4 Å². The molecule has 4 nitrogen and oxygen atoms in total. The SMILES string of the molecule is C/C=C(C)\N=C(/C)Bc1ccc(-c2noc(C)n2)cc1. The molecule has 5 heteroatoms. The van der Waals surface area contributed by atoms with Crippen molar-refractivity contribution in [2.24, 2.45) is 4.99 Å². The molecule has 0 aliphatic rings. The summed E-state index contributed by atoms with van der Waals surface area (Å²) in [4.78, 5) is 8.73. The third kappa shape index (κ3) is 3.67. The van der Waals surface area contributed by atoms with Crippen LogP contribution in [-0.4, -0.2) is 23.0 Å². The van der Waals surface area contributed by atoms with E-state index in [1.54, 1.807) is 6.92 Å². The van der Waals surface area contributed by atoms with Crippen molar-refractivity contribution in [2.45, 2.75) is 27.7 Å². The lowest BCUT2D eigenvalue weighted by Crippen LogP contribution is -2.21. The molecule has 0 saturated carbocycles. The van der Waals surface area contributed by atoms with E-state index in [1.165, 1.54) is 5.46 Å². The quantitative estimate of drug-likeness (QED) is 0.631. The first-order chi connectivity index (χ1) is 9.58. The molecule has 0 unspecified atom stereocenters. The Morgan fingerprint density at radius 3 is 2.50 bits per heavy atom. The topological polar surface area (TPSA) is 51.3 Å². The van der Waals surface area contributed by atoms with Gasteiger partial charge in [0.2, 0.25) is 19.0 Å². The molecule has 20 heavy (non-hydrogen) atoms. The van der Waals surface area contributed by atoms with E-state index in [0.29, 0.717) is 11.7 Å². The Bertz CT molecular complexity index is 641. The first-order valence-electron chi connectivity index (χ1n) is 6.65. The summed E-state index contributed by atoms with van der Waals surface area (Å²) in [6.07, 6.45) is 2.01. The second-order valence-corrected chi connectivity index (χ2v) is 4.79. The van der Waals surface area contributed by atoms with Gasteiger partial charge in [-0.05, 0) is 26.4 Å². The molecule has 102 valence electrons. The van der Waals surface area contributed by atoms with E-state index in [1.807, 2.05) is 39.0 Å². The molecule has 1 heterocycles. The van der Waals surface area contributed by atoms with Crippen LogP contribution in [0.2, 0.25) is 0 Å². The van der Waals surface area contributed by atoms with Gasteiger partial charge in [-0.25, -0.2) is 0 Å². The number of hydrogen-bond donors (Lipinski definition) is 0. The number of aliphatic imine (C=N–C) groups is 1. The Morgan fingerprint density at radius 2 is 1.95 bits per heavy atom. The minimum Gasteiger partial charge on any atom is -0.339 e. The summed E-state index contributed by atoms with van der Waals surface area (Å²) in [7, 11) is 0.844. The maximum absolute atomic E-state index is 4.98. The van der Waals surface area contributed by atoms with Gasteiger partial charge in [0, 0.05) is 18.2 Å². The van der Waals surface area contributed by atoms with Gasteiger partial charge in [0.25, 0.3) is 0 Å². The molecule has 0 radical (unpaired) electrons. The van der Waals surface area contributed by atoms with E-state index in [2.05, 4.69) is 27.3 Å². The van der Waals surface area contributed by atoms with E-state index in [9.17, 15) is 0 Å². The zero-order chi connectivity index (χ0) is 14.5. The predicted molar refractivity (Wildman–Crippen MR) is 83.8 cm³/mol. The molecule has 0 atom stereocenters. The van der Waals surface area contributed by atoms with Crippen LogP contribution in [0.4, 0.5) is 0 Å². The number of hydrogen-bond acceptors (Lipinski definition) is 4. The molecule has 0 fully saturated rings. The van der Waals surface area contributed by atoms with E-state index in [-0.39, 0.29) is 0 Å². The minimum atomic E-state index is 0.578. The second-order valence-electron chi connectivity index (χ2n) is 4.79. The normalized spacial score (nSPS) is 12.6. The fourth-order valence-electron chi connectivity index (χ4n) is 1.89. The van der Waals surface area contributed by atoms with E-state index < -0.39 is 0 Å². The van der Waals surface area contributed by atoms with Crippen molar-refractivity contribution in [1.82, 2.24) is 10.1 Å². The van der Waals surface area contributed by atoms with Crippen molar-refractivity contribution in [1.29, 1.82) is 0 Å². The summed E-state index contributed by atoms with van der Waals surface area (Å²) in [5.41, 5.74) is 4.33. The first kappa shape index (κ1) is 14.2. The Kier molecular flexibility index (Phi) is 4.51. The van der Waals surface area contributed by atoms with Crippen LogP contribution in [0.3, 0.4) is 0 Å². The molecule has 0 spiro atoms. The monoisotopic (exact) mass is 267 g/mol. The van der Waals surface area contributed by atoms with E-state index in [4.69, 9.17) is 4.52 Å². The summed E-state index contributed by atoms with van der Waals surface area (Å²) in [6.45, 7) is 7.83. The predicted octanol–water partition coefficient (Wildman–Crippen LogP) is 2.45. The lowest BCUT2D eigenvalue weighted by Gasteiger charge is -2.01. The number of rotatable bonds is 4. The van der Waals surface area contributed by atoms with Gasteiger partial charge in [-0.3, -0.25) is 4.99 Å². The summed E-state index contributed by atoms with van der Waals surface area (Å²) < 4.78 is 4.98. The number of nitrogens with zero attached hydrogens (tertiary/aromatic N) is 3. The van der Waals surface area contributed by atoms with Crippen LogP contribution in [0, 0.1) is 6.92 Å². The van der Waals surface area contributed by atoms with E-state index in [0.717, 1.165) is 24.2 Å². The van der Waals surface area contributed by atoms with Gasteiger partial charge >= 0.3 is 0 Å². The molecule has 0 amide bonds. The lowest BCUT2D eigenvalue weighted by atomic mass is 9.66. The lowest BCUT2D eigenvalue weighted by molar-refractivity contribution is 0.394. The molecule has 0 aliphatic carbocycles. The van der Waals surface area contributed by atoms with E-state index >= 15 is 0 Å². The zero-order valence-corrected chi connectivity index (χ0v) is 12.3. The Hall–Kier alpha value is -2.17.